The third-order valence-corrected chi connectivity index (χ3v) is 5.40. The number of hydrogen-bond acceptors (Lipinski definition) is 5. The summed E-state index contributed by atoms with van der Waals surface area (Å²) in [6.45, 7) is 5.07. The zero-order valence-electron chi connectivity index (χ0n) is 17.8. The van der Waals surface area contributed by atoms with Crippen molar-refractivity contribution in [2.75, 3.05) is 0 Å². The highest BCUT2D eigenvalue weighted by Crippen LogP contribution is 2.32. The van der Waals surface area contributed by atoms with E-state index < -0.39 is 6.04 Å². The smallest absolute Gasteiger partial charge is 0.252 e. The summed E-state index contributed by atoms with van der Waals surface area (Å²) in [6, 6.07) is 19.5. The number of carbonyl (C=O) groups excluding carboxylic acids is 1. The number of amides is 1. The second-order valence-electron chi connectivity index (χ2n) is 8.31. The van der Waals surface area contributed by atoms with E-state index in [1.54, 1.807) is 12.1 Å². The normalized spacial score (nSPS) is 14.3. The summed E-state index contributed by atoms with van der Waals surface area (Å²) in [5, 5.41) is 19.7. The molecule has 0 spiro atoms. The Hall–Kier alpha value is -3.43. The topological polar surface area (TPSA) is 91.0 Å². The number of nitrogens with one attached hydrogen (secondary N) is 2. The van der Waals surface area contributed by atoms with Crippen LogP contribution in [0.2, 0.25) is 0 Å². The molecule has 0 radical (unpaired) electrons. The van der Waals surface area contributed by atoms with Crippen molar-refractivity contribution in [1.29, 1.82) is 5.26 Å². The number of nitriles is 1. The van der Waals surface area contributed by atoms with Crippen LogP contribution in [0.4, 0.5) is 0 Å². The van der Waals surface area contributed by atoms with Crippen LogP contribution in [-0.2, 0) is 6.54 Å². The van der Waals surface area contributed by atoms with Crippen molar-refractivity contribution in [1.82, 2.24) is 15.8 Å². The van der Waals surface area contributed by atoms with Gasteiger partial charge < -0.3 is 15.2 Å². The first-order chi connectivity index (χ1) is 15.0. The minimum absolute atomic E-state index is 0.241. The number of carbonyl (C=O) groups is 1. The lowest BCUT2D eigenvalue weighted by atomic mass is 10.1. The van der Waals surface area contributed by atoms with Gasteiger partial charge >= 0.3 is 0 Å². The molecule has 0 bridgehead atoms. The van der Waals surface area contributed by atoms with Gasteiger partial charge in [-0.2, -0.15) is 5.26 Å². The molecule has 4 rings (SSSR count). The van der Waals surface area contributed by atoms with E-state index in [0.29, 0.717) is 23.1 Å². The Balaban J connectivity index is 1.47. The molecule has 1 amide bonds. The van der Waals surface area contributed by atoms with Crippen LogP contribution in [0.3, 0.4) is 0 Å². The Bertz CT molecular complexity index is 1090. The van der Waals surface area contributed by atoms with Gasteiger partial charge in [-0.25, -0.2) is 0 Å². The highest BCUT2D eigenvalue weighted by atomic mass is 16.5. The molecule has 0 saturated heterocycles. The molecule has 3 aromatic rings. The number of aromatic nitrogens is 1. The molecule has 31 heavy (non-hydrogen) atoms. The lowest BCUT2D eigenvalue weighted by Gasteiger charge is -2.10. The Morgan fingerprint density at radius 3 is 2.61 bits per heavy atom. The van der Waals surface area contributed by atoms with E-state index in [1.807, 2.05) is 30.3 Å². The van der Waals surface area contributed by atoms with Crippen LogP contribution >= 0.6 is 0 Å². The molecule has 6 nitrogen and oxygen atoms in total. The van der Waals surface area contributed by atoms with Crippen LogP contribution in [0.25, 0.3) is 22.6 Å². The van der Waals surface area contributed by atoms with E-state index in [1.165, 1.54) is 5.56 Å². The summed E-state index contributed by atoms with van der Waals surface area (Å²) in [4.78, 5) is 12.6. The molecular weight excluding hydrogens is 388 g/mol. The van der Waals surface area contributed by atoms with Gasteiger partial charge in [0.25, 0.3) is 5.91 Å². The van der Waals surface area contributed by atoms with E-state index in [-0.39, 0.29) is 11.8 Å². The van der Waals surface area contributed by atoms with Crippen molar-refractivity contribution < 1.29 is 9.32 Å². The predicted octanol–water partition coefficient (Wildman–Crippen LogP) is 4.54. The molecule has 1 aromatic heterocycles. The van der Waals surface area contributed by atoms with Crippen LogP contribution in [0.5, 0.6) is 0 Å². The molecular formula is C25H26N4O2. The van der Waals surface area contributed by atoms with Crippen molar-refractivity contribution in [3.8, 4) is 28.7 Å². The number of benzene rings is 2. The Morgan fingerprint density at radius 2 is 1.94 bits per heavy atom. The maximum absolute atomic E-state index is 12.6. The maximum atomic E-state index is 12.6. The summed E-state index contributed by atoms with van der Waals surface area (Å²) in [5.41, 5.74) is 4.11. The van der Waals surface area contributed by atoms with Gasteiger partial charge in [-0.1, -0.05) is 55.4 Å². The van der Waals surface area contributed by atoms with Crippen LogP contribution in [-0.4, -0.2) is 23.1 Å². The second kappa shape index (κ2) is 9.15. The molecule has 158 valence electrons. The van der Waals surface area contributed by atoms with Gasteiger partial charge in [0.1, 0.15) is 11.7 Å². The van der Waals surface area contributed by atoms with Gasteiger partial charge in [0.05, 0.1) is 6.07 Å². The molecule has 1 aliphatic carbocycles. The van der Waals surface area contributed by atoms with Crippen molar-refractivity contribution >= 4 is 5.91 Å². The summed E-state index contributed by atoms with van der Waals surface area (Å²) in [6.07, 6.45) is 1.99. The summed E-state index contributed by atoms with van der Waals surface area (Å²) in [7, 11) is 0. The highest BCUT2D eigenvalue weighted by Gasteiger charge is 2.32. The Kier molecular flexibility index (Phi) is 6.15. The van der Waals surface area contributed by atoms with Crippen LogP contribution < -0.4 is 10.6 Å². The van der Waals surface area contributed by atoms with Gasteiger partial charge in [-0.05, 0) is 36.5 Å². The highest BCUT2D eigenvalue weighted by molar-refractivity contribution is 5.95. The quantitative estimate of drug-likeness (QED) is 0.565. The minimum atomic E-state index is -0.423. The average Bonchev–Trinajstić information content (AvgIpc) is 3.51. The van der Waals surface area contributed by atoms with Gasteiger partial charge in [0.2, 0.25) is 0 Å². The van der Waals surface area contributed by atoms with E-state index in [9.17, 15) is 10.1 Å². The van der Waals surface area contributed by atoms with Gasteiger partial charge in [-0.3, -0.25) is 4.79 Å². The standard InChI is InChI=1S/C25H26N4O2/c1-16(2)27-15-17-6-8-19(9-7-17)24-13-22(29-31-24)20-4-3-5-21(12-20)25(30)28-23(14-26)18-10-11-18/h3-9,12-13,16,18,23,27H,10-11,15H2,1-2H3,(H,28,30). The van der Waals surface area contributed by atoms with E-state index in [4.69, 9.17) is 4.52 Å². The number of nitrogens with zero attached hydrogens (tertiary/aromatic N) is 2. The fraction of sp³-hybridized carbons (Fsp3) is 0.320. The monoisotopic (exact) mass is 414 g/mol. The average molecular weight is 415 g/mol. The molecule has 1 heterocycles. The molecule has 1 atom stereocenters. The number of hydrogen-bond donors (Lipinski definition) is 2. The molecule has 1 unspecified atom stereocenters. The minimum Gasteiger partial charge on any atom is -0.356 e. The van der Waals surface area contributed by atoms with Gasteiger partial charge in [0, 0.05) is 35.3 Å². The molecule has 6 heteroatoms. The summed E-state index contributed by atoms with van der Waals surface area (Å²) in [5.74, 6) is 0.712. The SMILES string of the molecule is CC(C)NCc1ccc(-c2cc(-c3cccc(C(=O)NC(C#N)C4CC4)c3)no2)cc1. The zero-order valence-corrected chi connectivity index (χ0v) is 17.8. The molecule has 1 saturated carbocycles. The Morgan fingerprint density at radius 1 is 1.16 bits per heavy atom. The second-order valence-corrected chi connectivity index (χ2v) is 8.31. The largest absolute Gasteiger partial charge is 0.356 e. The first-order valence-corrected chi connectivity index (χ1v) is 10.6. The van der Waals surface area contributed by atoms with Gasteiger partial charge in [0.15, 0.2) is 5.76 Å². The lowest BCUT2D eigenvalue weighted by Crippen LogP contribution is -2.35. The van der Waals surface area contributed by atoms with E-state index >= 15 is 0 Å². The van der Waals surface area contributed by atoms with Crippen molar-refractivity contribution in [2.45, 2.75) is 45.3 Å². The maximum Gasteiger partial charge on any atom is 0.252 e. The lowest BCUT2D eigenvalue weighted by molar-refractivity contribution is 0.0942. The third kappa shape index (κ3) is 5.19. The van der Waals surface area contributed by atoms with Crippen molar-refractivity contribution in [3.05, 3.63) is 65.7 Å². The first-order valence-electron chi connectivity index (χ1n) is 10.6. The summed E-state index contributed by atoms with van der Waals surface area (Å²) >= 11 is 0. The molecule has 0 aliphatic heterocycles. The molecule has 1 fully saturated rings. The molecule has 2 aromatic carbocycles. The fourth-order valence-electron chi connectivity index (χ4n) is 3.39. The van der Waals surface area contributed by atoms with Crippen molar-refractivity contribution in [2.24, 2.45) is 5.92 Å². The predicted molar refractivity (Wildman–Crippen MR) is 119 cm³/mol. The van der Waals surface area contributed by atoms with Crippen LogP contribution in [0.15, 0.2) is 59.1 Å². The zero-order chi connectivity index (χ0) is 21.8. The van der Waals surface area contributed by atoms with Gasteiger partial charge in [-0.15, -0.1) is 0 Å². The molecule has 1 aliphatic rings. The first kappa shape index (κ1) is 20.8. The summed E-state index contributed by atoms with van der Waals surface area (Å²) < 4.78 is 5.56. The van der Waals surface area contributed by atoms with Crippen LogP contribution in [0.1, 0.15) is 42.6 Å². The van der Waals surface area contributed by atoms with E-state index in [2.05, 4.69) is 47.8 Å². The molecule has 2 N–H and O–H groups in total. The fourth-order valence-corrected chi connectivity index (χ4v) is 3.39. The van der Waals surface area contributed by atoms with E-state index in [0.717, 1.165) is 30.5 Å². The van der Waals surface area contributed by atoms with Crippen molar-refractivity contribution in [3.63, 3.8) is 0 Å². The third-order valence-electron chi connectivity index (χ3n) is 5.40. The Labute approximate surface area is 182 Å². The van der Waals surface area contributed by atoms with Crippen LogP contribution in [0, 0.1) is 17.2 Å². The number of rotatable bonds is 8.